The molecule has 4 nitrogen and oxygen atoms in total. The first-order valence-electron chi connectivity index (χ1n) is 7.72. The molecule has 3 rings (SSSR count). The quantitative estimate of drug-likeness (QED) is 0.574. The van der Waals surface area contributed by atoms with Crippen molar-refractivity contribution >= 4 is 23.4 Å². The van der Waals surface area contributed by atoms with E-state index in [2.05, 4.69) is 21.7 Å². The summed E-state index contributed by atoms with van der Waals surface area (Å²) >= 11 is 7.73. The van der Waals surface area contributed by atoms with E-state index in [1.165, 1.54) is 0 Å². The summed E-state index contributed by atoms with van der Waals surface area (Å²) in [7, 11) is 1.66. The first-order chi connectivity index (χ1) is 11.7. The van der Waals surface area contributed by atoms with E-state index in [9.17, 15) is 0 Å². The third-order valence-electron chi connectivity index (χ3n) is 3.50. The zero-order valence-corrected chi connectivity index (χ0v) is 15.1. The summed E-state index contributed by atoms with van der Waals surface area (Å²) in [5.74, 6) is 2.51. The molecule has 0 atom stereocenters. The Kier molecular flexibility index (Phi) is 5.43. The van der Waals surface area contributed by atoms with Gasteiger partial charge in [0.25, 0.3) is 0 Å². The van der Waals surface area contributed by atoms with Gasteiger partial charge in [0, 0.05) is 16.5 Å². The van der Waals surface area contributed by atoms with E-state index >= 15 is 0 Å². The SMILES string of the molecule is CCCSc1nnc(-c2ccccc2OC)n1-c1ccc(Cl)cc1. The molecule has 0 unspecified atom stereocenters. The Bertz CT molecular complexity index is 817. The van der Waals surface area contributed by atoms with Crippen LogP contribution in [0.25, 0.3) is 17.1 Å². The van der Waals surface area contributed by atoms with Gasteiger partial charge in [-0.15, -0.1) is 10.2 Å². The fourth-order valence-corrected chi connectivity index (χ4v) is 3.32. The Morgan fingerprint density at radius 3 is 2.54 bits per heavy atom. The summed E-state index contributed by atoms with van der Waals surface area (Å²) in [5, 5.41) is 10.4. The molecule has 6 heteroatoms. The zero-order chi connectivity index (χ0) is 16.9. The Labute approximate surface area is 150 Å². The third kappa shape index (κ3) is 3.42. The number of ether oxygens (including phenoxy) is 1. The van der Waals surface area contributed by atoms with E-state index in [0.717, 1.165) is 40.2 Å². The highest BCUT2D eigenvalue weighted by atomic mass is 35.5. The van der Waals surface area contributed by atoms with Crippen LogP contribution in [0.4, 0.5) is 0 Å². The van der Waals surface area contributed by atoms with Gasteiger partial charge in [0.15, 0.2) is 11.0 Å². The predicted octanol–water partition coefficient (Wildman–Crippen LogP) is 5.10. The minimum Gasteiger partial charge on any atom is -0.496 e. The molecule has 0 aliphatic heterocycles. The van der Waals surface area contributed by atoms with Gasteiger partial charge in [0.05, 0.1) is 12.7 Å². The fourth-order valence-electron chi connectivity index (χ4n) is 2.38. The maximum absolute atomic E-state index is 6.04. The van der Waals surface area contributed by atoms with Crippen molar-refractivity contribution in [3.63, 3.8) is 0 Å². The van der Waals surface area contributed by atoms with Crippen molar-refractivity contribution in [2.75, 3.05) is 12.9 Å². The molecule has 0 fully saturated rings. The number of rotatable bonds is 6. The van der Waals surface area contributed by atoms with Crippen molar-refractivity contribution in [2.24, 2.45) is 0 Å². The van der Waals surface area contributed by atoms with Gasteiger partial charge in [0.1, 0.15) is 5.75 Å². The zero-order valence-electron chi connectivity index (χ0n) is 13.6. The Balaban J connectivity index is 2.16. The molecule has 0 aliphatic rings. The number of nitrogens with zero attached hydrogens (tertiary/aromatic N) is 3. The minimum absolute atomic E-state index is 0.702. The van der Waals surface area contributed by atoms with Crippen LogP contribution < -0.4 is 4.74 Å². The first-order valence-corrected chi connectivity index (χ1v) is 9.08. The number of methoxy groups -OCH3 is 1. The number of halogens is 1. The molecule has 1 heterocycles. The normalized spacial score (nSPS) is 10.8. The summed E-state index contributed by atoms with van der Waals surface area (Å²) in [6, 6.07) is 15.5. The Morgan fingerprint density at radius 1 is 1.08 bits per heavy atom. The molecule has 1 aromatic heterocycles. The highest BCUT2D eigenvalue weighted by molar-refractivity contribution is 7.99. The number of hydrogen-bond acceptors (Lipinski definition) is 4. The molecule has 24 heavy (non-hydrogen) atoms. The van der Waals surface area contributed by atoms with E-state index in [1.807, 2.05) is 48.5 Å². The second-order valence-electron chi connectivity index (χ2n) is 5.17. The van der Waals surface area contributed by atoms with E-state index in [1.54, 1.807) is 18.9 Å². The Morgan fingerprint density at radius 2 is 1.83 bits per heavy atom. The molecule has 0 aliphatic carbocycles. The smallest absolute Gasteiger partial charge is 0.196 e. The van der Waals surface area contributed by atoms with Gasteiger partial charge in [0.2, 0.25) is 0 Å². The third-order valence-corrected chi connectivity index (χ3v) is 4.89. The maximum Gasteiger partial charge on any atom is 0.196 e. The maximum atomic E-state index is 6.04. The van der Waals surface area contributed by atoms with E-state index in [4.69, 9.17) is 16.3 Å². The minimum atomic E-state index is 0.702. The number of aromatic nitrogens is 3. The van der Waals surface area contributed by atoms with Crippen molar-refractivity contribution in [2.45, 2.75) is 18.5 Å². The van der Waals surface area contributed by atoms with Gasteiger partial charge in [-0.3, -0.25) is 4.57 Å². The first kappa shape index (κ1) is 16.9. The molecule has 0 spiro atoms. The lowest BCUT2D eigenvalue weighted by Gasteiger charge is -2.12. The van der Waals surface area contributed by atoms with Crippen LogP contribution in [-0.2, 0) is 0 Å². The standard InChI is InChI=1S/C18H18ClN3OS/c1-3-12-24-18-21-20-17(15-6-4-5-7-16(15)23-2)22(18)14-10-8-13(19)9-11-14/h4-11H,3,12H2,1-2H3. The monoisotopic (exact) mass is 359 g/mol. The molecule has 0 saturated heterocycles. The predicted molar refractivity (Wildman–Crippen MR) is 99.4 cm³/mol. The lowest BCUT2D eigenvalue weighted by Crippen LogP contribution is -2.01. The molecule has 0 amide bonds. The number of thioether (sulfide) groups is 1. The van der Waals surface area contributed by atoms with Crippen molar-refractivity contribution in [1.29, 1.82) is 0 Å². The lowest BCUT2D eigenvalue weighted by atomic mass is 10.2. The topological polar surface area (TPSA) is 39.9 Å². The molecule has 0 radical (unpaired) electrons. The molecule has 0 bridgehead atoms. The highest BCUT2D eigenvalue weighted by Gasteiger charge is 2.18. The molecule has 124 valence electrons. The summed E-state index contributed by atoms with van der Waals surface area (Å²) in [6.07, 6.45) is 1.07. The average molecular weight is 360 g/mol. The van der Waals surface area contributed by atoms with E-state index in [-0.39, 0.29) is 0 Å². The van der Waals surface area contributed by atoms with Gasteiger partial charge in [-0.2, -0.15) is 0 Å². The van der Waals surface area contributed by atoms with Crippen molar-refractivity contribution < 1.29 is 4.74 Å². The van der Waals surface area contributed by atoms with Gasteiger partial charge in [-0.25, -0.2) is 0 Å². The summed E-state index contributed by atoms with van der Waals surface area (Å²) < 4.78 is 7.54. The van der Waals surface area contributed by atoms with Crippen LogP contribution in [0.3, 0.4) is 0 Å². The van der Waals surface area contributed by atoms with Gasteiger partial charge >= 0.3 is 0 Å². The average Bonchev–Trinajstić information content (AvgIpc) is 3.04. The molecule has 0 saturated carbocycles. The van der Waals surface area contributed by atoms with E-state index in [0.29, 0.717) is 5.02 Å². The number of hydrogen-bond donors (Lipinski definition) is 0. The van der Waals surface area contributed by atoms with Crippen LogP contribution in [0, 0.1) is 0 Å². The Hall–Kier alpha value is -1.98. The molecular formula is C18H18ClN3OS. The molecule has 0 N–H and O–H groups in total. The second kappa shape index (κ2) is 7.73. The van der Waals surface area contributed by atoms with Crippen molar-refractivity contribution in [1.82, 2.24) is 14.8 Å². The lowest BCUT2D eigenvalue weighted by molar-refractivity contribution is 0.416. The summed E-state index contributed by atoms with van der Waals surface area (Å²) in [4.78, 5) is 0. The van der Waals surface area contributed by atoms with Crippen LogP contribution >= 0.6 is 23.4 Å². The van der Waals surface area contributed by atoms with Crippen molar-refractivity contribution in [3.05, 3.63) is 53.6 Å². The van der Waals surface area contributed by atoms with Crippen LogP contribution in [0.1, 0.15) is 13.3 Å². The molecule has 3 aromatic rings. The number of benzene rings is 2. The van der Waals surface area contributed by atoms with Gasteiger partial charge < -0.3 is 4.74 Å². The van der Waals surface area contributed by atoms with Crippen LogP contribution in [0.2, 0.25) is 5.02 Å². The van der Waals surface area contributed by atoms with Crippen LogP contribution in [0.5, 0.6) is 5.75 Å². The van der Waals surface area contributed by atoms with Gasteiger partial charge in [-0.05, 0) is 42.8 Å². The van der Waals surface area contributed by atoms with Crippen LogP contribution in [-0.4, -0.2) is 27.6 Å². The second-order valence-corrected chi connectivity index (χ2v) is 6.67. The largest absolute Gasteiger partial charge is 0.496 e. The summed E-state index contributed by atoms with van der Waals surface area (Å²) in [6.45, 7) is 2.15. The van der Waals surface area contributed by atoms with Crippen molar-refractivity contribution in [3.8, 4) is 22.8 Å². The molecule has 2 aromatic carbocycles. The number of para-hydroxylation sites is 1. The van der Waals surface area contributed by atoms with Crippen LogP contribution in [0.15, 0.2) is 53.7 Å². The highest BCUT2D eigenvalue weighted by Crippen LogP contribution is 2.33. The molecular weight excluding hydrogens is 342 g/mol. The fraction of sp³-hybridized carbons (Fsp3) is 0.222. The summed E-state index contributed by atoms with van der Waals surface area (Å²) in [5.41, 5.74) is 1.88. The van der Waals surface area contributed by atoms with Gasteiger partial charge in [-0.1, -0.05) is 42.4 Å². The van der Waals surface area contributed by atoms with E-state index < -0.39 is 0 Å².